The molecule has 2 heteroatoms. The monoisotopic (exact) mass is 233 g/mol. The zero-order valence-corrected chi connectivity index (χ0v) is 10.7. The molecule has 1 aromatic carbocycles. The first kappa shape index (κ1) is 11.4. The number of pyridine rings is 1. The molecule has 0 saturated heterocycles. The van der Waals surface area contributed by atoms with Gasteiger partial charge in [-0.1, -0.05) is 36.6 Å². The van der Waals surface area contributed by atoms with Gasteiger partial charge in [-0.05, 0) is 43.5 Å². The summed E-state index contributed by atoms with van der Waals surface area (Å²) in [5, 5.41) is 1.85. The van der Waals surface area contributed by atoms with E-state index in [0.29, 0.717) is 5.15 Å². The van der Waals surface area contributed by atoms with Crippen LogP contribution in [-0.2, 0) is 6.42 Å². The highest BCUT2D eigenvalue weighted by atomic mass is 35.5. The van der Waals surface area contributed by atoms with Crippen LogP contribution in [-0.4, -0.2) is 4.98 Å². The molecule has 0 unspecified atom stereocenters. The predicted molar refractivity (Wildman–Crippen MR) is 70.2 cm³/mol. The van der Waals surface area contributed by atoms with Gasteiger partial charge in [0.25, 0.3) is 0 Å². The van der Waals surface area contributed by atoms with Gasteiger partial charge in [0.15, 0.2) is 0 Å². The zero-order valence-electron chi connectivity index (χ0n) is 9.97. The number of halogens is 1. The van der Waals surface area contributed by atoms with Crippen molar-refractivity contribution >= 4 is 22.5 Å². The average molecular weight is 234 g/mol. The van der Waals surface area contributed by atoms with Gasteiger partial charge in [-0.15, -0.1) is 0 Å². The fourth-order valence-corrected chi connectivity index (χ4v) is 2.35. The SMILES string of the molecule is CCCc1cc2cc(C)cc(C)c2nc1Cl. The van der Waals surface area contributed by atoms with Crippen LogP contribution in [0.25, 0.3) is 10.9 Å². The van der Waals surface area contributed by atoms with E-state index in [0.717, 1.165) is 23.9 Å². The second kappa shape index (κ2) is 4.42. The van der Waals surface area contributed by atoms with E-state index in [1.54, 1.807) is 0 Å². The second-order valence-electron chi connectivity index (χ2n) is 4.34. The number of aryl methyl sites for hydroxylation is 3. The van der Waals surface area contributed by atoms with Gasteiger partial charge in [0.1, 0.15) is 5.15 Å². The summed E-state index contributed by atoms with van der Waals surface area (Å²) in [6.45, 7) is 6.35. The van der Waals surface area contributed by atoms with E-state index in [4.69, 9.17) is 11.6 Å². The Morgan fingerprint density at radius 2 is 1.94 bits per heavy atom. The Labute approximate surface area is 101 Å². The maximum absolute atomic E-state index is 6.18. The lowest BCUT2D eigenvalue weighted by atomic mass is 10.0. The molecule has 0 N–H and O–H groups in total. The van der Waals surface area contributed by atoms with Crippen molar-refractivity contribution in [1.29, 1.82) is 0 Å². The molecule has 0 aliphatic carbocycles. The van der Waals surface area contributed by atoms with Gasteiger partial charge < -0.3 is 0 Å². The van der Waals surface area contributed by atoms with E-state index in [-0.39, 0.29) is 0 Å². The van der Waals surface area contributed by atoms with Gasteiger partial charge in [0, 0.05) is 5.39 Å². The summed E-state index contributed by atoms with van der Waals surface area (Å²) >= 11 is 6.18. The highest BCUT2D eigenvalue weighted by Gasteiger charge is 2.06. The first-order valence-corrected chi connectivity index (χ1v) is 6.06. The molecule has 0 aliphatic rings. The third-order valence-electron chi connectivity index (χ3n) is 2.80. The second-order valence-corrected chi connectivity index (χ2v) is 4.70. The highest BCUT2D eigenvalue weighted by Crippen LogP contribution is 2.25. The van der Waals surface area contributed by atoms with E-state index in [1.807, 2.05) is 0 Å². The summed E-state index contributed by atoms with van der Waals surface area (Å²) in [7, 11) is 0. The van der Waals surface area contributed by atoms with Crippen molar-refractivity contribution in [2.45, 2.75) is 33.6 Å². The summed E-state index contributed by atoms with van der Waals surface area (Å²) in [5.41, 5.74) is 4.65. The predicted octanol–water partition coefficient (Wildman–Crippen LogP) is 4.46. The Balaban J connectivity index is 2.69. The molecule has 84 valence electrons. The van der Waals surface area contributed by atoms with Crippen molar-refractivity contribution in [3.63, 3.8) is 0 Å². The molecular formula is C14H16ClN. The van der Waals surface area contributed by atoms with Gasteiger partial charge in [-0.3, -0.25) is 0 Å². The lowest BCUT2D eigenvalue weighted by Crippen LogP contribution is -1.92. The first-order chi connectivity index (χ1) is 7.61. The van der Waals surface area contributed by atoms with Crippen LogP contribution in [0.5, 0.6) is 0 Å². The molecule has 2 rings (SSSR count). The molecule has 0 amide bonds. The highest BCUT2D eigenvalue weighted by molar-refractivity contribution is 6.30. The molecule has 1 nitrogen and oxygen atoms in total. The van der Waals surface area contributed by atoms with Crippen LogP contribution in [0.15, 0.2) is 18.2 Å². The molecule has 0 fully saturated rings. The number of hydrogen-bond acceptors (Lipinski definition) is 1. The maximum atomic E-state index is 6.18. The molecule has 1 aromatic heterocycles. The fraction of sp³-hybridized carbons (Fsp3) is 0.357. The van der Waals surface area contributed by atoms with Gasteiger partial charge in [-0.25, -0.2) is 4.98 Å². The van der Waals surface area contributed by atoms with Gasteiger partial charge in [-0.2, -0.15) is 0 Å². The summed E-state index contributed by atoms with van der Waals surface area (Å²) in [5.74, 6) is 0. The van der Waals surface area contributed by atoms with Crippen molar-refractivity contribution < 1.29 is 0 Å². The van der Waals surface area contributed by atoms with E-state index >= 15 is 0 Å². The number of rotatable bonds is 2. The summed E-state index contributed by atoms with van der Waals surface area (Å²) in [6, 6.07) is 6.49. The summed E-state index contributed by atoms with van der Waals surface area (Å²) < 4.78 is 0. The van der Waals surface area contributed by atoms with E-state index in [9.17, 15) is 0 Å². The zero-order chi connectivity index (χ0) is 11.7. The largest absolute Gasteiger partial charge is 0.236 e. The van der Waals surface area contributed by atoms with Gasteiger partial charge in [0.2, 0.25) is 0 Å². The lowest BCUT2D eigenvalue weighted by molar-refractivity contribution is 0.917. The third-order valence-corrected chi connectivity index (χ3v) is 3.13. The molecular weight excluding hydrogens is 218 g/mol. The minimum Gasteiger partial charge on any atom is -0.236 e. The number of hydrogen-bond donors (Lipinski definition) is 0. The van der Waals surface area contributed by atoms with Crippen molar-refractivity contribution in [3.05, 3.63) is 40.0 Å². The average Bonchev–Trinajstić information content (AvgIpc) is 2.21. The van der Waals surface area contributed by atoms with Gasteiger partial charge >= 0.3 is 0 Å². The molecule has 0 saturated carbocycles. The standard InChI is InChI=1S/C14H16ClN/c1-4-5-11-8-12-7-9(2)6-10(3)13(12)16-14(11)15/h6-8H,4-5H2,1-3H3. The van der Waals surface area contributed by atoms with Crippen LogP contribution in [0, 0.1) is 13.8 Å². The molecule has 0 radical (unpaired) electrons. The Kier molecular flexibility index (Phi) is 3.15. The third kappa shape index (κ3) is 2.05. The lowest BCUT2D eigenvalue weighted by Gasteiger charge is -2.08. The number of fused-ring (bicyclic) bond motifs is 1. The van der Waals surface area contributed by atoms with Crippen molar-refractivity contribution in [2.24, 2.45) is 0 Å². The maximum Gasteiger partial charge on any atom is 0.132 e. The Hall–Kier alpha value is -1.08. The molecule has 0 atom stereocenters. The Morgan fingerprint density at radius 1 is 1.19 bits per heavy atom. The van der Waals surface area contributed by atoms with Crippen LogP contribution in [0.4, 0.5) is 0 Å². The van der Waals surface area contributed by atoms with Crippen LogP contribution in [0.3, 0.4) is 0 Å². The summed E-state index contributed by atoms with van der Waals surface area (Å²) in [4.78, 5) is 4.50. The van der Waals surface area contributed by atoms with Crippen LogP contribution in [0.2, 0.25) is 5.15 Å². The minimum atomic E-state index is 0.654. The Morgan fingerprint density at radius 3 is 2.62 bits per heavy atom. The van der Waals surface area contributed by atoms with E-state index in [2.05, 4.69) is 44.0 Å². The topological polar surface area (TPSA) is 12.9 Å². The molecule has 0 aliphatic heterocycles. The van der Waals surface area contributed by atoms with E-state index < -0.39 is 0 Å². The fourth-order valence-electron chi connectivity index (χ4n) is 2.12. The number of aromatic nitrogens is 1. The smallest absolute Gasteiger partial charge is 0.132 e. The van der Waals surface area contributed by atoms with Gasteiger partial charge in [0.05, 0.1) is 5.52 Å². The normalized spacial score (nSPS) is 11.0. The summed E-state index contributed by atoms with van der Waals surface area (Å²) in [6.07, 6.45) is 2.09. The minimum absolute atomic E-state index is 0.654. The molecule has 0 bridgehead atoms. The van der Waals surface area contributed by atoms with Crippen molar-refractivity contribution in [2.75, 3.05) is 0 Å². The molecule has 0 spiro atoms. The van der Waals surface area contributed by atoms with Crippen LogP contribution < -0.4 is 0 Å². The molecule has 2 aromatic rings. The van der Waals surface area contributed by atoms with Crippen LogP contribution in [0.1, 0.15) is 30.0 Å². The first-order valence-electron chi connectivity index (χ1n) is 5.68. The Bertz CT molecular complexity index is 532. The van der Waals surface area contributed by atoms with Crippen molar-refractivity contribution in [1.82, 2.24) is 4.98 Å². The number of nitrogens with zero attached hydrogens (tertiary/aromatic N) is 1. The van der Waals surface area contributed by atoms with Crippen LogP contribution >= 0.6 is 11.6 Å². The van der Waals surface area contributed by atoms with E-state index in [1.165, 1.54) is 16.5 Å². The molecule has 16 heavy (non-hydrogen) atoms. The number of benzene rings is 1. The quantitative estimate of drug-likeness (QED) is 0.698. The molecule has 1 heterocycles. The van der Waals surface area contributed by atoms with Crippen molar-refractivity contribution in [3.8, 4) is 0 Å².